The molecule has 0 bridgehead atoms. The molecule has 0 aromatic rings. The van der Waals surface area contributed by atoms with Gasteiger partial charge in [-0.3, -0.25) is 0 Å². The normalized spacial score (nSPS) is 32.9. The van der Waals surface area contributed by atoms with Crippen molar-refractivity contribution in [3.05, 3.63) is 12.7 Å². The third-order valence-corrected chi connectivity index (χ3v) is 2.36. The van der Waals surface area contributed by atoms with Crippen molar-refractivity contribution in [1.29, 1.82) is 0 Å². The molecule has 0 unspecified atom stereocenters. The SMILES string of the molecule is C=C[C@H]1OC(C)(C)O[C@@H]1[C@H](O)CCC. The molecule has 82 valence electrons. The van der Waals surface area contributed by atoms with Gasteiger partial charge in [-0.1, -0.05) is 19.4 Å². The van der Waals surface area contributed by atoms with E-state index in [-0.39, 0.29) is 12.2 Å². The minimum Gasteiger partial charge on any atom is -0.390 e. The lowest BCUT2D eigenvalue weighted by molar-refractivity contribution is -0.153. The van der Waals surface area contributed by atoms with Crippen molar-refractivity contribution in [2.75, 3.05) is 0 Å². The minimum absolute atomic E-state index is 0.202. The first kappa shape index (κ1) is 11.7. The van der Waals surface area contributed by atoms with E-state index in [1.165, 1.54) is 0 Å². The summed E-state index contributed by atoms with van der Waals surface area (Å²) in [6.07, 6.45) is 2.41. The largest absolute Gasteiger partial charge is 0.390 e. The van der Waals surface area contributed by atoms with Crippen molar-refractivity contribution in [3.8, 4) is 0 Å². The lowest BCUT2D eigenvalue weighted by atomic mass is 10.0. The van der Waals surface area contributed by atoms with Gasteiger partial charge in [-0.2, -0.15) is 0 Å². The van der Waals surface area contributed by atoms with E-state index in [4.69, 9.17) is 9.47 Å². The molecule has 0 aromatic heterocycles. The quantitative estimate of drug-likeness (QED) is 0.704. The Hall–Kier alpha value is -0.380. The molecule has 1 aliphatic rings. The van der Waals surface area contributed by atoms with Crippen molar-refractivity contribution >= 4 is 0 Å². The summed E-state index contributed by atoms with van der Waals surface area (Å²) in [5, 5.41) is 9.83. The zero-order valence-electron chi connectivity index (χ0n) is 9.19. The van der Waals surface area contributed by atoms with Gasteiger partial charge >= 0.3 is 0 Å². The summed E-state index contributed by atoms with van der Waals surface area (Å²) in [6.45, 7) is 9.42. The van der Waals surface area contributed by atoms with Gasteiger partial charge in [0.05, 0.1) is 6.10 Å². The Labute approximate surface area is 85.7 Å². The summed E-state index contributed by atoms with van der Waals surface area (Å²) in [4.78, 5) is 0. The molecule has 14 heavy (non-hydrogen) atoms. The molecule has 0 aliphatic carbocycles. The third-order valence-electron chi connectivity index (χ3n) is 2.36. The van der Waals surface area contributed by atoms with Gasteiger partial charge in [0.25, 0.3) is 0 Å². The summed E-state index contributed by atoms with van der Waals surface area (Å²) in [7, 11) is 0. The predicted molar refractivity (Wildman–Crippen MR) is 54.9 cm³/mol. The molecular formula is C11H20O3. The molecule has 3 heteroatoms. The Morgan fingerprint density at radius 2 is 2.14 bits per heavy atom. The molecule has 1 N–H and O–H groups in total. The average molecular weight is 200 g/mol. The van der Waals surface area contributed by atoms with Crippen molar-refractivity contribution in [1.82, 2.24) is 0 Å². The number of rotatable bonds is 4. The van der Waals surface area contributed by atoms with Crippen LogP contribution in [0.5, 0.6) is 0 Å². The molecule has 0 spiro atoms. The van der Waals surface area contributed by atoms with Crippen molar-refractivity contribution < 1.29 is 14.6 Å². The highest BCUT2D eigenvalue weighted by Crippen LogP contribution is 2.31. The molecule has 1 heterocycles. The molecule has 0 amide bonds. The maximum atomic E-state index is 9.83. The minimum atomic E-state index is -0.613. The summed E-state index contributed by atoms with van der Waals surface area (Å²) in [5.74, 6) is -0.613. The topological polar surface area (TPSA) is 38.7 Å². The maximum Gasteiger partial charge on any atom is 0.164 e. The molecule has 3 atom stereocenters. The van der Waals surface area contributed by atoms with Gasteiger partial charge in [-0.25, -0.2) is 0 Å². The number of hydrogen-bond donors (Lipinski definition) is 1. The monoisotopic (exact) mass is 200 g/mol. The molecule has 1 aliphatic heterocycles. The maximum absolute atomic E-state index is 9.83. The Morgan fingerprint density at radius 1 is 1.50 bits per heavy atom. The van der Waals surface area contributed by atoms with E-state index >= 15 is 0 Å². The Balaban J connectivity index is 2.63. The van der Waals surface area contributed by atoms with E-state index in [1.54, 1.807) is 6.08 Å². The molecule has 1 fully saturated rings. The zero-order chi connectivity index (χ0) is 10.8. The van der Waals surface area contributed by atoms with Crippen molar-refractivity contribution in [2.24, 2.45) is 0 Å². The van der Waals surface area contributed by atoms with Crippen molar-refractivity contribution in [2.45, 2.75) is 57.7 Å². The van der Waals surface area contributed by atoms with E-state index in [0.29, 0.717) is 0 Å². The molecule has 0 radical (unpaired) electrons. The molecule has 0 saturated carbocycles. The predicted octanol–water partition coefficient (Wildman–Crippen LogP) is 1.85. The fraction of sp³-hybridized carbons (Fsp3) is 0.818. The van der Waals surface area contributed by atoms with Crippen LogP contribution in [0.2, 0.25) is 0 Å². The summed E-state index contributed by atoms with van der Waals surface area (Å²) in [6, 6.07) is 0. The van der Waals surface area contributed by atoms with Gasteiger partial charge in [-0.15, -0.1) is 6.58 Å². The van der Waals surface area contributed by atoms with E-state index in [0.717, 1.165) is 12.8 Å². The van der Waals surface area contributed by atoms with Crippen LogP contribution >= 0.6 is 0 Å². The highest BCUT2D eigenvalue weighted by atomic mass is 16.8. The summed E-state index contributed by atoms with van der Waals surface area (Å²) >= 11 is 0. The summed E-state index contributed by atoms with van der Waals surface area (Å²) in [5.41, 5.74) is 0. The first-order valence-corrected chi connectivity index (χ1v) is 5.16. The van der Waals surface area contributed by atoms with E-state index in [1.807, 2.05) is 20.8 Å². The number of aliphatic hydroxyl groups is 1. The van der Waals surface area contributed by atoms with Crippen LogP contribution in [-0.2, 0) is 9.47 Å². The highest BCUT2D eigenvalue weighted by molar-refractivity contribution is 4.96. The Morgan fingerprint density at radius 3 is 2.64 bits per heavy atom. The summed E-state index contributed by atoms with van der Waals surface area (Å²) < 4.78 is 11.2. The van der Waals surface area contributed by atoms with Crippen LogP contribution in [0.25, 0.3) is 0 Å². The molecule has 3 nitrogen and oxygen atoms in total. The van der Waals surface area contributed by atoms with Crippen LogP contribution in [0, 0.1) is 0 Å². The third kappa shape index (κ3) is 2.56. The van der Waals surface area contributed by atoms with Gasteiger partial charge in [0.15, 0.2) is 5.79 Å². The standard InChI is InChI=1S/C11H20O3/c1-5-7-8(12)10-9(6-2)13-11(3,4)14-10/h6,8-10,12H,2,5,7H2,1,3-4H3/t8-,9-,10-/m1/s1. The smallest absolute Gasteiger partial charge is 0.164 e. The lowest BCUT2D eigenvalue weighted by Gasteiger charge is -2.20. The second-order valence-corrected chi connectivity index (χ2v) is 4.16. The van der Waals surface area contributed by atoms with E-state index in [9.17, 15) is 5.11 Å². The molecule has 1 rings (SSSR count). The van der Waals surface area contributed by atoms with E-state index in [2.05, 4.69) is 6.58 Å². The Kier molecular flexibility index (Phi) is 3.70. The first-order chi connectivity index (χ1) is 6.50. The van der Waals surface area contributed by atoms with Crippen LogP contribution in [0.15, 0.2) is 12.7 Å². The van der Waals surface area contributed by atoms with Crippen molar-refractivity contribution in [3.63, 3.8) is 0 Å². The van der Waals surface area contributed by atoms with Crippen LogP contribution in [0.3, 0.4) is 0 Å². The van der Waals surface area contributed by atoms with Crippen LogP contribution in [0.1, 0.15) is 33.6 Å². The first-order valence-electron chi connectivity index (χ1n) is 5.16. The number of hydrogen-bond acceptors (Lipinski definition) is 3. The van der Waals surface area contributed by atoms with Gasteiger partial charge in [0.2, 0.25) is 0 Å². The average Bonchev–Trinajstić information content (AvgIpc) is 2.41. The molecule has 1 saturated heterocycles. The lowest BCUT2D eigenvalue weighted by Crippen LogP contribution is -2.34. The van der Waals surface area contributed by atoms with Gasteiger partial charge < -0.3 is 14.6 Å². The van der Waals surface area contributed by atoms with Crippen LogP contribution < -0.4 is 0 Å². The van der Waals surface area contributed by atoms with E-state index < -0.39 is 11.9 Å². The van der Waals surface area contributed by atoms with Gasteiger partial charge in [0.1, 0.15) is 12.2 Å². The second kappa shape index (κ2) is 4.43. The highest BCUT2D eigenvalue weighted by Gasteiger charge is 2.42. The number of ether oxygens (including phenoxy) is 2. The fourth-order valence-electron chi connectivity index (χ4n) is 1.76. The fourth-order valence-corrected chi connectivity index (χ4v) is 1.76. The zero-order valence-corrected chi connectivity index (χ0v) is 9.19. The number of aliphatic hydroxyl groups excluding tert-OH is 1. The second-order valence-electron chi connectivity index (χ2n) is 4.16. The van der Waals surface area contributed by atoms with Gasteiger partial charge in [-0.05, 0) is 20.3 Å². The Bertz CT molecular complexity index is 201. The van der Waals surface area contributed by atoms with Gasteiger partial charge in [0, 0.05) is 0 Å². The van der Waals surface area contributed by atoms with Crippen LogP contribution in [-0.4, -0.2) is 29.2 Å². The van der Waals surface area contributed by atoms with Crippen LogP contribution in [0.4, 0.5) is 0 Å². The molecule has 0 aromatic carbocycles. The molecular weight excluding hydrogens is 180 g/mol.